The van der Waals surface area contributed by atoms with Crippen molar-refractivity contribution in [3.8, 4) is 0 Å². The van der Waals surface area contributed by atoms with Crippen LogP contribution in [0.15, 0.2) is 22.8 Å². The van der Waals surface area contributed by atoms with E-state index in [-0.39, 0.29) is 0 Å². The average molecular weight is 291 g/mol. The quantitative estimate of drug-likeness (QED) is 0.884. The molecule has 108 valence electrons. The molecule has 0 amide bonds. The highest BCUT2D eigenvalue weighted by Crippen LogP contribution is 2.38. The summed E-state index contributed by atoms with van der Waals surface area (Å²) in [5.74, 6) is 1.01. The average Bonchev–Trinajstić information content (AvgIpc) is 3.01. The van der Waals surface area contributed by atoms with Crippen LogP contribution in [-0.2, 0) is 6.54 Å². The van der Waals surface area contributed by atoms with Crippen LogP contribution in [0.2, 0.25) is 0 Å². The van der Waals surface area contributed by atoms with E-state index in [9.17, 15) is 0 Å². The standard InChI is InChI=1S/C15H21N3OS/c1-10(16-3)14-11(2)17-15(20-14)18(12-6-7-12)9-13-5-4-8-19-13/h4-5,8,10,12,16H,6-7,9H2,1-3H3. The van der Waals surface area contributed by atoms with Crippen molar-refractivity contribution < 1.29 is 4.42 Å². The zero-order valence-electron chi connectivity index (χ0n) is 12.2. The topological polar surface area (TPSA) is 41.3 Å². The first-order valence-corrected chi connectivity index (χ1v) is 7.94. The van der Waals surface area contributed by atoms with Gasteiger partial charge in [-0.3, -0.25) is 0 Å². The maximum Gasteiger partial charge on any atom is 0.186 e. The molecule has 1 saturated carbocycles. The van der Waals surface area contributed by atoms with E-state index in [0.29, 0.717) is 12.1 Å². The second-order valence-corrected chi connectivity index (χ2v) is 6.40. The Morgan fingerprint density at radius 3 is 2.95 bits per heavy atom. The molecule has 20 heavy (non-hydrogen) atoms. The van der Waals surface area contributed by atoms with Crippen LogP contribution >= 0.6 is 11.3 Å². The smallest absolute Gasteiger partial charge is 0.186 e. The largest absolute Gasteiger partial charge is 0.467 e. The summed E-state index contributed by atoms with van der Waals surface area (Å²) < 4.78 is 5.49. The van der Waals surface area contributed by atoms with E-state index < -0.39 is 0 Å². The lowest BCUT2D eigenvalue weighted by Crippen LogP contribution is -2.24. The van der Waals surface area contributed by atoms with Gasteiger partial charge in [0.15, 0.2) is 5.13 Å². The van der Waals surface area contributed by atoms with Crippen LogP contribution in [0.1, 0.15) is 42.1 Å². The van der Waals surface area contributed by atoms with Crippen molar-refractivity contribution in [2.75, 3.05) is 11.9 Å². The minimum Gasteiger partial charge on any atom is -0.467 e. The molecule has 3 rings (SSSR count). The first kappa shape index (κ1) is 13.6. The fourth-order valence-electron chi connectivity index (χ4n) is 2.36. The van der Waals surface area contributed by atoms with E-state index in [4.69, 9.17) is 9.40 Å². The van der Waals surface area contributed by atoms with Gasteiger partial charge in [0.05, 0.1) is 18.5 Å². The van der Waals surface area contributed by atoms with Crippen LogP contribution < -0.4 is 10.2 Å². The van der Waals surface area contributed by atoms with E-state index in [1.807, 2.05) is 19.2 Å². The lowest BCUT2D eigenvalue weighted by Gasteiger charge is -2.20. The van der Waals surface area contributed by atoms with Gasteiger partial charge in [-0.15, -0.1) is 0 Å². The van der Waals surface area contributed by atoms with Gasteiger partial charge < -0.3 is 14.6 Å². The minimum atomic E-state index is 0.353. The second-order valence-electron chi connectivity index (χ2n) is 5.39. The second kappa shape index (κ2) is 5.58. The first-order valence-electron chi connectivity index (χ1n) is 7.12. The molecule has 2 aromatic rings. The molecule has 1 fully saturated rings. The van der Waals surface area contributed by atoms with Gasteiger partial charge in [-0.1, -0.05) is 11.3 Å². The maximum absolute atomic E-state index is 5.49. The summed E-state index contributed by atoms with van der Waals surface area (Å²) in [5, 5.41) is 4.42. The molecule has 1 N–H and O–H groups in total. The number of nitrogens with zero attached hydrogens (tertiary/aromatic N) is 2. The van der Waals surface area contributed by atoms with Gasteiger partial charge in [-0.05, 0) is 45.9 Å². The molecular weight excluding hydrogens is 270 g/mol. The highest BCUT2D eigenvalue weighted by molar-refractivity contribution is 7.15. The van der Waals surface area contributed by atoms with Crippen LogP contribution in [-0.4, -0.2) is 18.1 Å². The number of hydrogen-bond acceptors (Lipinski definition) is 5. The Hall–Kier alpha value is -1.33. The molecule has 0 aromatic carbocycles. The number of furan rings is 1. The summed E-state index contributed by atoms with van der Waals surface area (Å²) in [7, 11) is 1.99. The fourth-order valence-corrected chi connectivity index (χ4v) is 3.56. The molecule has 4 nitrogen and oxygen atoms in total. The van der Waals surface area contributed by atoms with Gasteiger partial charge in [0.25, 0.3) is 0 Å². The summed E-state index contributed by atoms with van der Waals surface area (Å²) in [4.78, 5) is 8.50. The molecule has 0 spiro atoms. The highest BCUT2D eigenvalue weighted by Gasteiger charge is 2.32. The van der Waals surface area contributed by atoms with E-state index in [1.165, 1.54) is 17.7 Å². The number of aryl methyl sites for hydroxylation is 1. The molecule has 0 radical (unpaired) electrons. The van der Waals surface area contributed by atoms with Crippen LogP contribution in [0.25, 0.3) is 0 Å². The SMILES string of the molecule is CNC(C)c1sc(N(Cc2ccco2)C2CC2)nc1C. The normalized spacial score (nSPS) is 16.4. The number of rotatable bonds is 6. The predicted molar refractivity (Wildman–Crippen MR) is 82.2 cm³/mol. The van der Waals surface area contributed by atoms with E-state index in [1.54, 1.807) is 17.6 Å². The Bertz CT molecular complexity index is 560. The molecule has 1 aliphatic carbocycles. The molecule has 1 aliphatic rings. The van der Waals surface area contributed by atoms with Gasteiger partial charge in [0, 0.05) is 17.0 Å². The van der Waals surface area contributed by atoms with Crippen LogP contribution in [0.3, 0.4) is 0 Å². The van der Waals surface area contributed by atoms with Gasteiger partial charge in [-0.2, -0.15) is 0 Å². The highest BCUT2D eigenvalue weighted by atomic mass is 32.1. The van der Waals surface area contributed by atoms with E-state index >= 15 is 0 Å². The fraction of sp³-hybridized carbons (Fsp3) is 0.533. The van der Waals surface area contributed by atoms with E-state index in [0.717, 1.165) is 23.1 Å². The Balaban J connectivity index is 1.84. The van der Waals surface area contributed by atoms with Crippen molar-refractivity contribution in [3.05, 3.63) is 34.7 Å². The molecular formula is C15H21N3OS. The van der Waals surface area contributed by atoms with Crippen molar-refractivity contribution in [2.45, 2.75) is 45.3 Å². The van der Waals surface area contributed by atoms with Crippen LogP contribution in [0.4, 0.5) is 5.13 Å². The zero-order chi connectivity index (χ0) is 14.1. The summed E-state index contributed by atoms with van der Waals surface area (Å²) >= 11 is 1.80. The first-order chi connectivity index (χ1) is 9.69. The van der Waals surface area contributed by atoms with Crippen LogP contribution in [0, 0.1) is 6.92 Å². The molecule has 0 bridgehead atoms. The molecule has 2 aromatic heterocycles. The van der Waals surface area contributed by atoms with Gasteiger partial charge >= 0.3 is 0 Å². The van der Waals surface area contributed by atoms with Crippen molar-refractivity contribution in [3.63, 3.8) is 0 Å². The minimum absolute atomic E-state index is 0.353. The lowest BCUT2D eigenvalue weighted by molar-refractivity contribution is 0.501. The third-order valence-corrected chi connectivity index (χ3v) is 5.16. The molecule has 0 saturated heterocycles. The maximum atomic E-state index is 5.49. The Morgan fingerprint density at radius 1 is 1.55 bits per heavy atom. The number of hydrogen-bond donors (Lipinski definition) is 1. The summed E-state index contributed by atoms with van der Waals surface area (Å²) in [5.41, 5.74) is 1.14. The number of aromatic nitrogens is 1. The zero-order valence-corrected chi connectivity index (χ0v) is 13.0. The van der Waals surface area contributed by atoms with Crippen molar-refractivity contribution >= 4 is 16.5 Å². The van der Waals surface area contributed by atoms with E-state index in [2.05, 4.69) is 24.1 Å². The molecule has 0 aliphatic heterocycles. The summed E-state index contributed by atoms with van der Waals surface area (Å²) in [6.45, 7) is 5.09. The molecule has 2 heterocycles. The lowest BCUT2D eigenvalue weighted by atomic mass is 10.2. The predicted octanol–water partition coefficient (Wildman–Crippen LogP) is 3.49. The number of thiazole rings is 1. The van der Waals surface area contributed by atoms with Gasteiger partial charge in [0.2, 0.25) is 0 Å². The molecule has 5 heteroatoms. The summed E-state index contributed by atoms with van der Waals surface area (Å²) in [6, 6.07) is 4.96. The molecule has 1 unspecified atom stereocenters. The molecule has 1 atom stereocenters. The Morgan fingerprint density at radius 2 is 2.35 bits per heavy atom. The third-order valence-electron chi connectivity index (χ3n) is 3.79. The monoisotopic (exact) mass is 291 g/mol. The summed E-state index contributed by atoms with van der Waals surface area (Å²) in [6.07, 6.45) is 4.26. The number of anilines is 1. The van der Waals surface area contributed by atoms with Crippen molar-refractivity contribution in [2.24, 2.45) is 0 Å². The van der Waals surface area contributed by atoms with Crippen LogP contribution in [0.5, 0.6) is 0 Å². The van der Waals surface area contributed by atoms with Gasteiger partial charge in [-0.25, -0.2) is 4.98 Å². The van der Waals surface area contributed by atoms with Crippen molar-refractivity contribution in [1.82, 2.24) is 10.3 Å². The Labute approximate surface area is 123 Å². The van der Waals surface area contributed by atoms with Crippen molar-refractivity contribution in [1.29, 1.82) is 0 Å². The third kappa shape index (κ3) is 2.74. The number of nitrogens with one attached hydrogen (secondary N) is 1. The van der Waals surface area contributed by atoms with Gasteiger partial charge in [0.1, 0.15) is 5.76 Å². The Kier molecular flexibility index (Phi) is 3.81.